The lowest BCUT2D eigenvalue weighted by molar-refractivity contribution is 0.0693. The van der Waals surface area contributed by atoms with Gasteiger partial charge in [-0.2, -0.15) is 0 Å². The van der Waals surface area contributed by atoms with Crippen LogP contribution in [0, 0.1) is 0 Å². The molecule has 1 aromatic rings. The van der Waals surface area contributed by atoms with Crippen LogP contribution in [0.3, 0.4) is 0 Å². The fourth-order valence-electron chi connectivity index (χ4n) is 1.32. The van der Waals surface area contributed by atoms with Gasteiger partial charge in [0.05, 0.1) is 0 Å². The zero-order chi connectivity index (χ0) is 14.1. The summed E-state index contributed by atoms with van der Waals surface area (Å²) >= 11 is 5.64. The Morgan fingerprint density at radius 3 is 2.39 bits per heavy atom. The monoisotopic (exact) mass is 293 g/mol. The molecule has 1 rings (SSSR count). The van der Waals surface area contributed by atoms with Crippen LogP contribution in [0.25, 0.3) is 0 Å². The Morgan fingerprint density at radius 1 is 1.39 bits per heavy atom. The molecule has 0 saturated heterocycles. The maximum absolute atomic E-state index is 11.9. The first-order valence-corrected chi connectivity index (χ1v) is 6.79. The highest BCUT2D eigenvalue weighted by molar-refractivity contribution is 7.89. The van der Waals surface area contributed by atoms with Crippen LogP contribution in [0.1, 0.15) is 24.2 Å². The van der Waals surface area contributed by atoms with Crippen LogP contribution in [0.4, 0.5) is 0 Å². The molecule has 0 atom stereocenters. The molecule has 0 aliphatic heterocycles. The molecule has 0 aromatic heterocycles. The lowest BCUT2D eigenvalue weighted by Crippen LogP contribution is -2.30. The van der Waals surface area contributed by atoms with Crippen molar-refractivity contribution in [1.29, 1.82) is 0 Å². The summed E-state index contributed by atoms with van der Waals surface area (Å²) in [6, 6.07) is 1.57. The van der Waals surface area contributed by atoms with Gasteiger partial charge in [0.2, 0.25) is 10.0 Å². The van der Waals surface area contributed by atoms with E-state index in [9.17, 15) is 18.3 Å². The highest BCUT2D eigenvalue weighted by Gasteiger charge is 2.25. The molecule has 0 aliphatic carbocycles. The van der Waals surface area contributed by atoms with Crippen molar-refractivity contribution < 1.29 is 23.4 Å². The molecule has 0 amide bonds. The molecule has 0 heterocycles. The van der Waals surface area contributed by atoms with Gasteiger partial charge >= 0.3 is 5.97 Å². The summed E-state index contributed by atoms with van der Waals surface area (Å²) in [5, 5.41) is 18.4. The number of carboxylic acid groups (broad SMARTS) is 1. The third-order valence-corrected chi connectivity index (χ3v) is 3.84. The van der Waals surface area contributed by atoms with Crippen LogP contribution in [0.2, 0.25) is 5.02 Å². The van der Waals surface area contributed by atoms with Crippen molar-refractivity contribution >= 4 is 27.6 Å². The van der Waals surface area contributed by atoms with E-state index in [0.717, 1.165) is 12.1 Å². The van der Waals surface area contributed by atoms with Crippen molar-refractivity contribution in [2.75, 3.05) is 0 Å². The summed E-state index contributed by atoms with van der Waals surface area (Å²) in [7, 11) is -4.02. The van der Waals surface area contributed by atoms with Gasteiger partial charge in [-0.1, -0.05) is 11.6 Å². The fourth-order valence-corrected chi connectivity index (χ4v) is 2.99. The predicted octanol–water partition coefficient (Wildman–Crippen LogP) is 1.43. The molecule has 0 radical (unpaired) electrons. The second-order valence-electron chi connectivity index (χ2n) is 3.88. The molecule has 3 N–H and O–H groups in total. The van der Waals surface area contributed by atoms with Gasteiger partial charge in [-0.15, -0.1) is 0 Å². The van der Waals surface area contributed by atoms with Crippen molar-refractivity contribution in [2.45, 2.75) is 24.8 Å². The SMILES string of the molecule is CC(C)NS(=O)(=O)c1cc(Cl)cc(C(=O)O)c1O. The maximum Gasteiger partial charge on any atom is 0.339 e. The normalized spacial score (nSPS) is 11.8. The van der Waals surface area contributed by atoms with E-state index in [2.05, 4.69) is 4.72 Å². The third kappa shape index (κ3) is 3.12. The minimum atomic E-state index is -4.02. The van der Waals surface area contributed by atoms with E-state index in [4.69, 9.17) is 16.7 Å². The first-order valence-electron chi connectivity index (χ1n) is 4.93. The van der Waals surface area contributed by atoms with E-state index >= 15 is 0 Å². The summed E-state index contributed by atoms with van der Waals surface area (Å²) in [5.74, 6) is -2.30. The van der Waals surface area contributed by atoms with Crippen LogP contribution in [-0.2, 0) is 10.0 Å². The summed E-state index contributed by atoms with van der Waals surface area (Å²) < 4.78 is 26.0. The summed E-state index contributed by atoms with van der Waals surface area (Å²) in [4.78, 5) is 10.3. The Kier molecular flexibility index (Phi) is 4.20. The number of carbonyl (C=O) groups is 1. The van der Waals surface area contributed by atoms with Crippen LogP contribution < -0.4 is 4.72 Å². The third-order valence-electron chi connectivity index (χ3n) is 1.95. The topological polar surface area (TPSA) is 104 Å². The molecular formula is C10H12ClNO5S. The number of benzene rings is 1. The molecule has 18 heavy (non-hydrogen) atoms. The van der Waals surface area contributed by atoms with E-state index in [1.165, 1.54) is 0 Å². The van der Waals surface area contributed by atoms with Crippen molar-refractivity contribution in [3.8, 4) is 5.75 Å². The number of halogens is 1. The summed E-state index contributed by atoms with van der Waals surface area (Å²) in [6.45, 7) is 3.19. The second kappa shape index (κ2) is 5.13. The first-order chi connectivity index (χ1) is 8.15. The van der Waals surface area contributed by atoms with Gasteiger partial charge in [0.15, 0.2) is 0 Å². The average molecular weight is 294 g/mol. The van der Waals surface area contributed by atoms with Gasteiger partial charge in [0.25, 0.3) is 0 Å². The summed E-state index contributed by atoms with van der Waals surface area (Å²) in [5.41, 5.74) is -0.563. The Hall–Kier alpha value is -1.31. The van der Waals surface area contributed by atoms with Crippen molar-refractivity contribution in [3.63, 3.8) is 0 Å². The van der Waals surface area contributed by atoms with Crippen molar-refractivity contribution in [3.05, 3.63) is 22.7 Å². The molecule has 6 nitrogen and oxygen atoms in total. The van der Waals surface area contributed by atoms with Crippen LogP contribution >= 0.6 is 11.6 Å². The van der Waals surface area contributed by atoms with Crippen LogP contribution in [-0.4, -0.2) is 30.6 Å². The molecule has 0 fully saturated rings. The number of hydrogen-bond donors (Lipinski definition) is 3. The molecule has 0 aliphatic rings. The van der Waals surface area contributed by atoms with Crippen LogP contribution in [0.5, 0.6) is 5.75 Å². The highest BCUT2D eigenvalue weighted by Crippen LogP contribution is 2.30. The van der Waals surface area contributed by atoms with E-state index in [0.29, 0.717) is 0 Å². The number of phenols is 1. The van der Waals surface area contributed by atoms with Gasteiger partial charge in [-0.25, -0.2) is 17.9 Å². The summed E-state index contributed by atoms with van der Waals surface area (Å²) in [6.07, 6.45) is 0. The van der Waals surface area contributed by atoms with Gasteiger partial charge in [-0.3, -0.25) is 0 Å². The second-order valence-corrected chi connectivity index (χ2v) is 6.00. The predicted molar refractivity (Wildman–Crippen MR) is 65.5 cm³/mol. The van der Waals surface area contributed by atoms with Gasteiger partial charge in [-0.05, 0) is 26.0 Å². The minimum Gasteiger partial charge on any atom is -0.506 e. The number of rotatable bonds is 4. The minimum absolute atomic E-state index is 0.0886. The Bertz CT molecular complexity index is 582. The Balaban J connectivity index is 3.47. The number of hydrogen-bond acceptors (Lipinski definition) is 4. The zero-order valence-electron chi connectivity index (χ0n) is 9.64. The quantitative estimate of drug-likeness (QED) is 0.779. The van der Waals surface area contributed by atoms with Gasteiger partial charge < -0.3 is 10.2 Å². The van der Waals surface area contributed by atoms with E-state index < -0.39 is 38.2 Å². The highest BCUT2D eigenvalue weighted by atomic mass is 35.5. The van der Waals surface area contributed by atoms with Crippen molar-refractivity contribution in [1.82, 2.24) is 4.72 Å². The van der Waals surface area contributed by atoms with Crippen LogP contribution in [0.15, 0.2) is 17.0 Å². The molecule has 100 valence electrons. The maximum atomic E-state index is 11.9. The van der Waals surface area contributed by atoms with Gasteiger partial charge in [0, 0.05) is 11.1 Å². The van der Waals surface area contributed by atoms with E-state index in [-0.39, 0.29) is 5.02 Å². The molecule has 0 spiro atoms. The number of aromatic carboxylic acids is 1. The number of carboxylic acids is 1. The Labute approximate surface area is 109 Å². The standard InChI is InChI=1S/C10H12ClNO5S/c1-5(2)12-18(16,17)8-4-6(11)3-7(9(8)13)10(14)15/h3-5,12-13H,1-2H3,(H,14,15). The number of sulfonamides is 1. The molecule has 0 unspecified atom stereocenters. The van der Waals surface area contributed by atoms with E-state index in [1.54, 1.807) is 13.8 Å². The zero-order valence-corrected chi connectivity index (χ0v) is 11.2. The number of nitrogens with one attached hydrogen (secondary N) is 1. The fraction of sp³-hybridized carbons (Fsp3) is 0.300. The number of aromatic hydroxyl groups is 1. The van der Waals surface area contributed by atoms with Gasteiger partial charge in [0.1, 0.15) is 16.2 Å². The first kappa shape index (κ1) is 14.7. The average Bonchev–Trinajstić information content (AvgIpc) is 2.18. The molecule has 0 bridgehead atoms. The molecule has 0 saturated carbocycles. The largest absolute Gasteiger partial charge is 0.506 e. The Morgan fingerprint density at radius 2 is 1.94 bits per heavy atom. The molecule has 8 heteroatoms. The lowest BCUT2D eigenvalue weighted by Gasteiger charge is -2.12. The smallest absolute Gasteiger partial charge is 0.339 e. The van der Waals surface area contributed by atoms with Crippen molar-refractivity contribution in [2.24, 2.45) is 0 Å². The lowest BCUT2D eigenvalue weighted by atomic mass is 10.2. The molecular weight excluding hydrogens is 282 g/mol. The molecule has 1 aromatic carbocycles. The van der Waals surface area contributed by atoms with E-state index in [1.807, 2.05) is 0 Å².